The van der Waals surface area contributed by atoms with Crippen molar-refractivity contribution in [3.8, 4) is 0 Å². The Morgan fingerprint density at radius 2 is 2.15 bits per heavy atom. The molecule has 0 spiro atoms. The van der Waals surface area contributed by atoms with Crippen molar-refractivity contribution >= 4 is 11.6 Å². The fourth-order valence-corrected chi connectivity index (χ4v) is 2.89. The molecule has 0 saturated carbocycles. The van der Waals surface area contributed by atoms with Gasteiger partial charge in [-0.2, -0.15) is 0 Å². The monoisotopic (exact) mass is 299 g/mol. The third-order valence-electron chi connectivity index (χ3n) is 3.93. The Bertz CT molecular complexity index is 421. The maximum absolute atomic E-state index is 13.6. The SMILES string of the molecule is CCCNC(Cc1ccc(Cl)c(F)c1)C1CCOCC1. The van der Waals surface area contributed by atoms with Gasteiger partial charge in [-0.3, -0.25) is 0 Å². The second-order valence-corrected chi connectivity index (χ2v) is 5.87. The van der Waals surface area contributed by atoms with Crippen LogP contribution in [0.4, 0.5) is 4.39 Å². The average molecular weight is 300 g/mol. The molecule has 0 radical (unpaired) electrons. The van der Waals surface area contributed by atoms with Crippen LogP contribution in [0.25, 0.3) is 0 Å². The van der Waals surface area contributed by atoms with Crippen molar-refractivity contribution in [3.63, 3.8) is 0 Å². The minimum Gasteiger partial charge on any atom is -0.381 e. The summed E-state index contributed by atoms with van der Waals surface area (Å²) in [4.78, 5) is 0. The van der Waals surface area contributed by atoms with Crippen molar-refractivity contribution in [3.05, 3.63) is 34.6 Å². The molecule has 1 aromatic carbocycles. The Balaban J connectivity index is 2.03. The van der Waals surface area contributed by atoms with Crippen molar-refractivity contribution in [2.75, 3.05) is 19.8 Å². The third kappa shape index (κ3) is 4.44. The Kier molecular flexibility index (Phi) is 6.27. The van der Waals surface area contributed by atoms with E-state index in [2.05, 4.69) is 12.2 Å². The molecule has 1 atom stereocenters. The molecule has 0 aromatic heterocycles. The second-order valence-electron chi connectivity index (χ2n) is 5.46. The zero-order valence-electron chi connectivity index (χ0n) is 12.0. The summed E-state index contributed by atoms with van der Waals surface area (Å²) >= 11 is 5.74. The highest BCUT2D eigenvalue weighted by Gasteiger charge is 2.23. The van der Waals surface area contributed by atoms with Crippen molar-refractivity contribution in [1.82, 2.24) is 5.32 Å². The minimum absolute atomic E-state index is 0.192. The molecule has 2 nitrogen and oxygen atoms in total. The molecule has 1 unspecified atom stereocenters. The van der Waals surface area contributed by atoms with Crippen molar-refractivity contribution < 1.29 is 9.13 Å². The summed E-state index contributed by atoms with van der Waals surface area (Å²) in [5, 5.41) is 3.80. The highest BCUT2D eigenvalue weighted by atomic mass is 35.5. The van der Waals surface area contributed by atoms with Gasteiger partial charge in [-0.1, -0.05) is 24.6 Å². The lowest BCUT2D eigenvalue weighted by atomic mass is 9.87. The third-order valence-corrected chi connectivity index (χ3v) is 4.24. The van der Waals surface area contributed by atoms with E-state index in [0.717, 1.165) is 51.0 Å². The standard InChI is InChI=1S/C16H23ClFNO/c1-2-7-19-16(13-5-8-20-9-6-13)11-12-3-4-14(17)15(18)10-12/h3-4,10,13,16,19H,2,5-9,11H2,1H3. The van der Waals surface area contributed by atoms with E-state index in [1.807, 2.05) is 6.07 Å². The van der Waals surface area contributed by atoms with Gasteiger partial charge in [0.2, 0.25) is 0 Å². The van der Waals surface area contributed by atoms with Crippen molar-refractivity contribution in [2.45, 2.75) is 38.6 Å². The molecule has 1 aliphatic rings. The van der Waals surface area contributed by atoms with E-state index in [4.69, 9.17) is 16.3 Å². The zero-order chi connectivity index (χ0) is 14.4. The second kappa shape index (κ2) is 7.96. The highest BCUT2D eigenvalue weighted by Crippen LogP contribution is 2.23. The van der Waals surface area contributed by atoms with Crippen molar-refractivity contribution in [1.29, 1.82) is 0 Å². The van der Waals surface area contributed by atoms with Crippen LogP contribution in [0.1, 0.15) is 31.7 Å². The van der Waals surface area contributed by atoms with Gasteiger partial charge in [-0.15, -0.1) is 0 Å². The fourth-order valence-electron chi connectivity index (χ4n) is 2.77. The average Bonchev–Trinajstić information content (AvgIpc) is 2.48. The molecule has 4 heteroatoms. The summed E-state index contributed by atoms with van der Waals surface area (Å²) in [5.74, 6) is 0.277. The summed E-state index contributed by atoms with van der Waals surface area (Å²) in [6, 6.07) is 5.51. The van der Waals surface area contributed by atoms with Gasteiger partial charge in [0, 0.05) is 19.3 Å². The quantitative estimate of drug-likeness (QED) is 0.862. The largest absolute Gasteiger partial charge is 0.381 e. The van der Waals surface area contributed by atoms with Gasteiger partial charge >= 0.3 is 0 Å². The normalized spacial score (nSPS) is 18.1. The van der Waals surface area contributed by atoms with Crippen LogP contribution in [-0.4, -0.2) is 25.8 Å². The zero-order valence-corrected chi connectivity index (χ0v) is 12.8. The van der Waals surface area contributed by atoms with Gasteiger partial charge < -0.3 is 10.1 Å². The molecule has 1 heterocycles. The predicted octanol–water partition coefficient (Wildman–Crippen LogP) is 3.82. The van der Waals surface area contributed by atoms with E-state index < -0.39 is 0 Å². The summed E-state index contributed by atoms with van der Waals surface area (Å²) in [5.41, 5.74) is 1.01. The van der Waals surface area contributed by atoms with Gasteiger partial charge in [-0.25, -0.2) is 4.39 Å². The summed E-state index contributed by atoms with van der Waals surface area (Å²) < 4.78 is 19.0. The lowest BCUT2D eigenvalue weighted by molar-refractivity contribution is 0.0537. The van der Waals surface area contributed by atoms with Gasteiger partial charge in [0.05, 0.1) is 5.02 Å². The number of nitrogens with one attached hydrogen (secondary N) is 1. The van der Waals surface area contributed by atoms with E-state index in [9.17, 15) is 4.39 Å². The van der Waals surface area contributed by atoms with Gasteiger partial charge in [0.15, 0.2) is 0 Å². The maximum atomic E-state index is 13.6. The molecule has 1 aromatic rings. The van der Waals surface area contributed by atoms with Gasteiger partial charge in [0.1, 0.15) is 5.82 Å². The van der Waals surface area contributed by atoms with E-state index in [1.165, 1.54) is 0 Å². The van der Waals surface area contributed by atoms with E-state index >= 15 is 0 Å². The molecule has 0 amide bonds. The first kappa shape index (κ1) is 15.7. The molecule has 0 bridgehead atoms. The van der Waals surface area contributed by atoms with E-state index in [1.54, 1.807) is 12.1 Å². The minimum atomic E-state index is -0.328. The summed E-state index contributed by atoms with van der Waals surface area (Å²) in [6.07, 6.45) is 4.11. The summed E-state index contributed by atoms with van der Waals surface area (Å²) in [7, 11) is 0. The maximum Gasteiger partial charge on any atom is 0.142 e. The molecule has 2 rings (SSSR count). The van der Waals surface area contributed by atoms with Crippen LogP contribution in [0.15, 0.2) is 18.2 Å². The van der Waals surface area contributed by atoms with Gasteiger partial charge in [0.25, 0.3) is 0 Å². The smallest absolute Gasteiger partial charge is 0.142 e. The molecule has 1 fully saturated rings. The van der Waals surface area contributed by atoms with E-state index in [-0.39, 0.29) is 10.8 Å². The van der Waals surface area contributed by atoms with Crippen molar-refractivity contribution in [2.24, 2.45) is 5.92 Å². The van der Waals surface area contributed by atoms with E-state index in [0.29, 0.717) is 12.0 Å². The van der Waals surface area contributed by atoms with Crippen LogP contribution < -0.4 is 5.32 Å². The first-order valence-electron chi connectivity index (χ1n) is 7.45. The topological polar surface area (TPSA) is 21.3 Å². The molecule has 20 heavy (non-hydrogen) atoms. The van der Waals surface area contributed by atoms with Crippen LogP contribution in [-0.2, 0) is 11.2 Å². The Hall–Kier alpha value is -0.640. The highest BCUT2D eigenvalue weighted by molar-refractivity contribution is 6.30. The molecule has 0 aliphatic carbocycles. The Morgan fingerprint density at radius 1 is 1.40 bits per heavy atom. The number of benzene rings is 1. The van der Waals surface area contributed by atoms with Crippen LogP contribution in [0.3, 0.4) is 0 Å². The number of rotatable bonds is 6. The molecule has 1 aliphatic heterocycles. The molecule has 112 valence electrons. The van der Waals surface area contributed by atoms with Crippen LogP contribution in [0, 0.1) is 11.7 Å². The number of hydrogen-bond donors (Lipinski definition) is 1. The van der Waals surface area contributed by atoms with Gasteiger partial charge in [-0.05, 0) is 55.8 Å². The fraction of sp³-hybridized carbons (Fsp3) is 0.625. The Morgan fingerprint density at radius 3 is 2.80 bits per heavy atom. The first-order chi connectivity index (χ1) is 9.70. The van der Waals surface area contributed by atoms with Crippen LogP contribution in [0.2, 0.25) is 5.02 Å². The van der Waals surface area contributed by atoms with Crippen LogP contribution in [0.5, 0.6) is 0 Å². The first-order valence-corrected chi connectivity index (χ1v) is 7.83. The molecule has 1 saturated heterocycles. The lowest BCUT2D eigenvalue weighted by Gasteiger charge is -2.31. The summed E-state index contributed by atoms with van der Waals surface area (Å²) in [6.45, 7) is 4.84. The van der Waals surface area contributed by atoms with Crippen LogP contribution >= 0.6 is 11.6 Å². The lowest BCUT2D eigenvalue weighted by Crippen LogP contribution is -2.41. The molecular weight excluding hydrogens is 277 g/mol. The number of ether oxygens (including phenoxy) is 1. The molecule has 1 N–H and O–H groups in total. The Labute approximate surface area is 125 Å². The predicted molar refractivity (Wildman–Crippen MR) is 80.7 cm³/mol. The molecular formula is C16H23ClFNO. The number of hydrogen-bond acceptors (Lipinski definition) is 2. The number of halogens is 2.